The lowest BCUT2D eigenvalue weighted by Crippen LogP contribution is -2.33. The number of H-pyrrole nitrogens is 1. The first-order chi connectivity index (χ1) is 11.5. The van der Waals surface area contributed by atoms with Crippen LogP contribution < -0.4 is 5.32 Å². The molecule has 3 rings (SSSR count). The van der Waals surface area contributed by atoms with E-state index < -0.39 is 0 Å². The van der Waals surface area contributed by atoms with Gasteiger partial charge >= 0.3 is 6.03 Å². The van der Waals surface area contributed by atoms with E-state index in [2.05, 4.69) is 27.2 Å². The van der Waals surface area contributed by atoms with Crippen LogP contribution in [0.2, 0.25) is 0 Å². The molecule has 1 atom stereocenters. The molecule has 2 N–H and O–H groups in total. The van der Waals surface area contributed by atoms with E-state index in [9.17, 15) is 4.79 Å². The molecule has 2 amide bonds. The highest BCUT2D eigenvalue weighted by atomic mass is 32.1. The summed E-state index contributed by atoms with van der Waals surface area (Å²) in [5, 5.41) is 5.86. The van der Waals surface area contributed by atoms with Gasteiger partial charge in [0.1, 0.15) is 10.8 Å². The van der Waals surface area contributed by atoms with Crippen molar-refractivity contribution < 1.29 is 4.79 Å². The SMILES string of the molecule is CCc1nc2ccc(NC(=O)N(C)C(C)c3nc(C)cs3)cc2[nH]1. The topological polar surface area (TPSA) is 73.9 Å². The Bertz CT molecular complexity index is 869. The Morgan fingerprint density at radius 3 is 2.88 bits per heavy atom. The molecule has 0 aliphatic carbocycles. The molecule has 1 aromatic carbocycles. The van der Waals surface area contributed by atoms with E-state index in [1.807, 2.05) is 37.4 Å². The maximum Gasteiger partial charge on any atom is 0.322 e. The Labute approximate surface area is 144 Å². The van der Waals surface area contributed by atoms with E-state index >= 15 is 0 Å². The number of hydrogen-bond acceptors (Lipinski definition) is 4. The lowest BCUT2D eigenvalue weighted by molar-refractivity contribution is 0.208. The zero-order valence-corrected chi connectivity index (χ0v) is 15.1. The number of imidazole rings is 1. The summed E-state index contributed by atoms with van der Waals surface area (Å²) in [5.74, 6) is 0.943. The van der Waals surface area contributed by atoms with Crippen LogP contribution in [0.4, 0.5) is 10.5 Å². The van der Waals surface area contributed by atoms with Crippen LogP contribution in [0.5, 0.6) is 0 Å². The number of thiazole rings is 1. The second-order valence-electron chi connectivity index (χ2n) is 5.81. The van der Waals surface area contributed by atoms with Crippen molar-refractivity contribution in [3.8, 4) is 0 Å². The minimum atomic E-state index is -0.162. The lowest BCUT2D eigenvalue weighted by atomic mass is 10.2. The summed E-state index contributed by atoms with van der Waals surface area (Å²) in [4.78, 5) is 26.3. The van der Waals surface area contributed by atoms with Gasteiger partial charge in [-0.2, -0.15) is 0 Å². The fourth-order valence-electron chi connectivity index (χ4n) is 2.42. The number of nitrogens with zero attached hydrogens (tertiary/aromatic N) is 3. The molecule has 0 fully saturated rings. The van der Waals surface area contributed by atoms with Crippen LogP contribution in [0.3, 0.4) is 0 Å². The number of urea groups is 1. The molecule has 7 heteroatoms. The molecule has 3 aromatic rings. The molecule has 0 bridgehead atoms. The number of carbonyl (C=O) groups is 1. The van der Waals surface area contributed by atoms with Gasteiger partial charge in [0, 0.05) is 30.2 Å². The normalized spacial score (nSPS) is 12.3. The number of aryl methyl sites for hydroxylation is 2. The van der Waals surface area contributed by atoms with Gasteiger partial charge in [-0.25, -0.2) is 14.8 Å². The van der Waals surface area contributed by atoms with E-state index in [1.54, 1.807) is 23.3 Å². The van der Waals surface area contributed by atoms with Crippen molar-refractivity contribution in [3.05, 3.63) is 40.1 Å². The predicted octanol–water partition coefficient (Wildman–Crippen LogP) is 4.12. The molecule has 0 radical (unpaired) electrons. The zero-order valence-electron chi connectivity index (χ0n) is 14.3. The first kappa shape index (κ1) is 16.4. The molecule has 126 valence electrons. The number of amides is 2. The number of aromatic amines is 1. The number of carbonyl (C=O) groups excluding carboxylic acids is 1. The van der Waals surface area contributed by atoms with Gasteiger partial charge in [-0.1, -0.05) is 6.92 Å². The molecule has 1 unspecified atom stereocenters. The number of hydrogen-bond donors (Lipinski definition) is 2. The minimum absolute atomic E-state index is 0.0775. The van der Waals surface area contributed by atoms with Gasteiger partial charge in [0.05, 0.1) is 17.1 Å². The Morgan fingerprint density at radius 2 is 2.21 bits per heavy atom. The quantitative estimate of drug-likeness (QED) is 0.748. The number of benzene rings is 1. The van der Waals surface area contributed by atoms with Gasteiger partial charge in [-0.15, -0.1) is 11.3 Å². The number of rotatable bonds is 4. The molecular formula is C17H21N5OS. The Morgan fingerprint density at radius 1 is 1.42 bits per heavy atom. The average molecular weight is 343 g/mol. The van der Waals surface area contributed by atoms with E-state index in [0.29, 0.717) is 0 Å². The highest BCUT2D eigenvalue weighted by Crippen LogP contribution is 2.24. The second-order valence-corrected chi connectivity index (χ2v) is 6.70. The number of fused-ring (bicyclic) bond motifs is 1. The Hall–Kier alpha value is -2.41. The van der Waals surface area contributed by atoms with Crippen molar-refractivity contribution in [3.63, 3.8) is 0 Å². The van der Waals surface area contributed by atoms with Gasteiger partial charge in [0.25, 0.3) is 0 Å². The van der Waals surface area contributed by atoms with Gasteiger partial charge in [-0.3, -0.25) is 0 Å². The molecule has 2 heterocycles. The number of aromatic nitrogens is 3. The molecule has 0 aliphatic rings. The van der Waals surface area contributed by atoms with E-state index in [0.717, 1.165) is 39.7 Å². The largest absolute Gasteiger partial charge is 0.342 e. The van der Waals surface area contributed by atoms with Gasteiger partial charge in [0.2, 0.25) is 0 Å². The van der Waals surface area contributed by atoms with Gasteiger partial charge in [-0.05, 0) is 32.0 Å². The Kier molecular flexibility index (Phi) is 4.53. The van der Waals surface area contributed by atoms with E-state index in [1.165, 1.54) is 0 Å². The van der Waals surface area contributed by atoms with Crippen LogP contribution in [-0.4, -0.2) is 32.9 Å². The lowest BCUT2D eigenvalue weighted by Gasteiger charge is -2.23. The van der Waals surface area contributed by atoms with Crippen LogP contribution in [-0.2, 0) is 6.42 Å². The van der Waals surface area contributed by atoms with Crippen molar-refractivity contribution in [2.24, 2.45) is 0 Å². The predicted molar refractivity (Wildman–Crippen MR) is 97.5 cm³/mol. The summed E-state index contributed by atoms with van der Waals surface area (Å²) in [6.45, 7) is 5.98. The standard InChI is InChI=1S/C17H21N5OS/c1-5-15-20-13-7-6-12(8-14(13)21-15)19-17(23)22(4)11(3)16-18-10(2)9-24-16/h6-9,11H,5H2,1-4H3,(H,19,23)(H,20,21). The third-order valence-electron chi connectivity index (χ3n) is 4.01. The monoisotopic (exact) mass is 343 g/mol. The molecule has 6 nitrogen and oxygen atoms in total. The van der Waals surface area contributed by atoms with Crippen LogP contribution >= 0.6 is 11.3 Å². The van der Waals surface area contributed by atoms with E-state index in [-0.39, 0.29) is 12.1 Å². The first-order valence-corrected chi connectivity index (χ1v) is 8.80. The first-order valence-electron chi connectivity index (χ1n) is 7.92. The summed E-state index contributed by atoms with van der Waals surface area (Å²) in [5.41, 5.74) is 3.56. The van der Waals surface area contributed by atoms with Crippen LogP contribution in [0.25, 0.3) is 11.0 Å². The molecule has 24 heavy (non-hydrogen) atoms. The highest BCUT2D eigenvalue weighted by molar-refractivity contribution is 7.09. The van der Waals surface area contributed by atoms with Crippen molar-refractivity contribution in [2.45, 2.75) is 33.2 Å². The van der Waals surface area contributed by atoms with Gasteiger partial charge < -0.3 is 15.2 Å². The number of anilines is 1. The van der Waals surface area contributed by atoms with Crippen molar-refractivity contribution >= 4 is 34.1 Å². The molecule has 0 spiro atoms. The summed E-state index contributed by atoms with van der Waals surface area (Å²) in [6.07, 6.45) is 0.851. The van der Waals surface area contributed by atoms with Gasteiger partial charge in [0.15, 0.2) is 0 Å². The minimum Gasteiger partial charge on any atom is -0.342 e. The maximum atomic E-state index is 12.5. The fraction of sp³-hybridized carbons (Fsp3) is 0.353. The highest BCUT2D eigenvalue weighted by Gasteiger charge is 2.20. The molecular weight excluding hydrogens is 322 g/mol. The summed E-state index contributed by atoms with van der Waals surface area (Å²) < 4.78 is 0. The maximum absolute atomic E-state index is 12.5. The molecule has 2 aromatic heterocycles. The summed E-state index contributed by atoms with van der Waals surface area (Å²) in [7, 11) is 1.78. The van der Waals surface area contributed by atoms with Crippen molar-refractivity contribution in [1.29, 1.82) is 0 Å². The zero-order chi connectivity index (χ0) is 17.3. The molecule has 0 aliphatic heterocycles. The van der Waals surface area contributed by atoms with E-state index in [4.69, 9.17) is 0 Å². The number of nitrogens with one attached hydrogen (secondary N) is 2. The summed E-state index contributed by atoms with van der Waals surface area (Å²) in [6, 6.07) is 5.45. The third-order valence-corrected chi connectivity index (χ3v) is 5.15. The fourth-order valence-corrected chi connectivity index (χ4v) is 3.32. The average Bonchev–Trinajstić information content (AvgIpc) is 3.18. The Balaban J connectivity index is 1.73. The van der Waals surface area contributed by atoms with Crippen LogP contribution in [0.15, 0.2) is 23.6 Å². The van der Waals surface area contributed by atoms with Crippen LogP contribution in [0, 0.1) is 6.92 Å². The van der Waals surface area contributed by atoms with Crippen LogP contribution in [0.1, 0.15) is 36.4 Å². The molecule has 0 saturated carbocycles. The second kappa shape index (κ2) is 6.60. The third kappa shape index (κ3) is 3.26. The van der Waals surface area contributed by atoms with Crippen molar-refractivity contribution in [2.75, 3.05) is 12.4 Å². The smallest absolute Gasteiger partial charge is 0.322 e. The van der Waals surface area contributed by atoms with Crippen molar-refractivity contribution in [1.82, 2.24) is 19.9 Å². The molecule has 0 saturated heterocycles. The summed E-state index contributed by atoms with van der Waals surface area (Å²) >= 11 is 1.57.